The molecule has 0 aromatic heterocycles. The highest BCUT2D eigenvalue weighted by atomic mass is 16.6. The number of methoxy groups -OCH3 is 1. The largest absolute Gasteiger partial charge is 0.396 e. The summed E-state index contributed by atoms with van der Waals surface area (Å²) in [5.41, 5.74) is 0. The fourth-order valence-corrected chi connectivity index (χ4v) is 4.63. The predicted molar refractivity (Wildman–Crippen MR) is 68.7 cm³/mol. The molecule has 2 saturated carbocycles. The van der Waals surface area contributed by atoms with Gasteiger partial charge in [0.2, 0.25) is 0 Å². The van der Waals surface area contributed by atoms with Crippen LogP contribution in [0.25, 0.3) is 0 Å². The van der Waals surface area contributed by atoms with Gasteiger partial charge in [0.05, 0.1) is 0 Å². The minimum atomic E-state index is -1.03. The van der Waals surface area contributed by atoms with Gasteiger partial charge in [-0.1, -0.05) is 18.6 Å². The monoisotopic (exact) mass is 252 g/mol. The zero-order chi connectivity index (χ0) is 12.8. The molecule has 3 rings (SSSR count). The SMILES string of the molecule is COC(O)(C1CC2C=CC1C2)C1CCCC1CO. The fraction of sp³-hybridized carbons (Fsp3) is 0.867. The summed E-state index contributed by atoms with van der Waals surface area (Å²) >= 11 is 0. The van der Waals surface area contributed by atoms with E-state index in [0.29, 0.717) is 11.8 Å². The van der Waals surface area contributed by atoms with E-state index in [-0.39, 0.29) is 24.4 Å². The van der Waals surface area contributed by atoms with Crippen LogP contribution in [-0.2, 0) is 4.74 Å². The topological polar surface area (TPSA) is 49.7 Å². The summed E-state index contributed by atoms with van der Waals surface area (Å²) < 4.78 is 5.60. The molecule has 0 radical (unpaired) electrons. The maximum Gasteiger partial charge on any atom is 0.171 e. The highest BCUT2D eigenvalue weighted by Crippen LogP contribution is 2.53. The minimum Gasteiger partial charge on any atom is -0.396 e. The Hall–Kier alpha value is -0.380. The van der Waals surface area contributed by atoms with Gasteiger partial charge in [-0.15, -0.1) is 0 Å². The van der Waals surface area contributed by atoms with Crippen molar-refractivity contribution in [2.75, 3.05) is 13.7 Å². The number of fused-ring (bicyclic) bond motifs is 2. The van der Waals surface area contributed by atoms with Crippen molar-refractivity contribution in [2.24, 2.45) is 29.6 Å². The molecular formula is C15H24O3. The summed E-state index contributed by atoms with van der Waals surface area (Å²) in [6.07, 6.45) is 9.85. The zero-order valence-electron chi connectivity index (χ0n) is 11.1. The number of hydrogen-bond acceptors (Lipinski definition) is 3. The van der Waals surface area contributed by atoms with Crippen molar-refractivity contribution in [1.29, 1.82) is 0 Å². The summed E-state index contributed by atoms with van der Waals surface area (Å²) in [4.78, 5) is 0. The Labute approximate surface area is 109 Å². The standard InChI is InChI=1S/C15H24O3/c1-18-15(17,13-4-2-3-12(13)9-16)14-8-10-5-6-11(14)7-10/h5-6,10-14,16-17H,2-4,7-9H2,1H3. The van der Waals surface area contributed by atoms with Crippen molar-refractivity contribution in [1.82, 2.24) is 0 Å². The number of ether oxygens (including phenoxy) is 1. The second kappa shape index (κ2) is 4.62. The molecule has 3 nitrogen and oxygen atoms in total. The molecule has 6 atom stereocenters. The Kier molecular flexibility index (Phi) is 3.25. The summed E-state index contributed by atoms with van der Waals surface area (Å²) in [6, 6.07) is 0. The Bertz CT molecular complexity index is 341. The molecule has 3 aliphatic carbocycles. The molecule has 18 heavy (non-hydrogen) atoms. The van der Waals surface area contributed by atoms with Gasteiger partial charge in [0.1, 0.15) is 0 Å². The average Bonchev–Trinajstić information content (AvgIpc) is 3.12. The van der Waals surface area contributed by atoms with Gasteiger partial charge in [0.25, 0.3) is 0 Å². The molecule has 0 aromatic carbocycles. The number of rotatable bonds is 4. The van der Waals surface area contributed by atoms with E-state index in [0.717, 1.165) is 25.7 Å². The third-order valence-electron chi connectivity index (χ3n) is 5.56. The van der Waals surface area contributed by atoms with Crippen LogP contribution in [-0.4, -0.2) is 29.7 Å². The zero-order valence-corrected chi connectivity index (χ0v) is 11.1. The fourth-order valence-electron chi connectivity index (χ4n) is 4.63. The van der Waals surface area contributed by atoms with Crippen LogP contribution in [0.3, 0.4) is 0 Å². The van der Waals surface area contributed by atoms with E-state index < -0.39 is 5.79 Å². The van der Waals surface area contributed by atoms with Gasteiger partial charge in [-0.05, 0) is 43.4 Å². The highest BCUT2D eigenvalue weighted by Gasteiger charge is 2.54. The van der Waals surface area contributed by atoms with Gasteiger partial charge < -0.3 is 14.9 Å². The number of allylic oxidation sites excluding steroid dienone is 2. The first-order valence-electron chi connectivity index (χ1n) is 7.25. The van der Waals surface area contributed by atoms with Crippen LogP contribution < -0.4 is 0 Å². The van der Waals surface area contributed by atoms with E-state index >= 15 is 0 Å². The molecule has 2 bridgehead atoms. The molecule has 6 unspecified atom stereocenters. The van der Waals surface area contributed by atoms with Crippen molar-refractivity contribution >= 4 is 0 Å². The Balaban J connectivity index is 1.83. The molecule has 0 saturated heterocycles. The van der Waals surface area contributed by atoms with Gasteiger partial charge in [-0.25, -0.2) is 0 Å². The maximum absolute atomic E-state index is 11.1. The van der Waals surface area contributed by atoms with Crippen LogP contribution >= 0.6 is 0 Å². The van der Waals surface area contributed by atoms with Gasteiger partial charge in [0, 0.05) is 25.6 Å². The van der Waals surface area contributed by atoms with E-state index in [9.17, 15) is 10.2 Å². The number of aliphatic hydroxyl groups is 2. The molecule has 0 heterocycles. The second-order valence-electron chi connectivity index (χ2n) is 6.32. The van der Waals surface area contributed by atoms with Gasteiger partial charge in [-0.3, -0.25) is 0 Å². The lowest BCUT2D eigenvalue weighted by atomic mass is 9.75. The highest BCUT2D eigenvalue weighted by molar-refractivity contribution is 5.13. The first kappa shape index (κ1) is 12.6. The quantitative estimate of drug-likeness (QED) is 0.594. The molecule has 2 N–H and O–H groups in total. The predicted octanol–water partition coefficient (Wildman–Crippen LogP) is 1.94. The molecule has 3 aliphatic rings. The smallest absolute Gasteiger partial charge is 0.171 e. The Morgan fingerprint density at radius 1 is 1.22 bits per heavy atom. The van der Waals surface area contributed by atoms with Crippen LogP contribution in [0, 0.1) is 29.6 Å². The van der Waals surface area contributed by atoms with Crippen molar-refractivity contribution in [3.8, 4) is 0 Å². The van der Waals surface area contributed by atoms with Crippen molar-refractivity contribution < 1.29 is 14.9 Å². The average molecular weight is 252 g/mol. The summed E-state index contributed by atoms with van der Waals surface area (Å²) in [6.45, 7) is 0.174. The van der Waals surface area contributed by atoms with Crippen molar-refractivity contribution in [3.05, 3.63) is 12.2 Å². The van der Waals surface area contributed by atoms with E-state index in [1.807, 2.05) is 0 Å². The lowest BCUT2D eigenvalue weighted by Crippen LogP contribution is -2.50. The lowest BCUT2D eigenvalue weighted by Gasteiger charge is -2.42. The molecular weight excluding hydrogens is 228 g/mol. The van der Waals surface area contributed by atoms with Crippen molar-refractivity contribution in [2.45, 2.75) is 37.9 Å². The number of hydrogen-bond donors (Lipinski definition) is 2. The number of aliphatic hydroxyl groups excluding tert-OH is 1. The van der Waals surface area contributed by atoms with Crippen LogP contribution in [0.5, 0.6) is 0 Å². The summed E-state index contributed by atoms with van der Waals surface area (Å²) in [5, 5.41) is 20.6. The molecule has 0 aliphatic heterocycles. The lowest BCUT2D eigenvalue weighted by molar-refractivity contribution is -0.267. The van der Waals surface area contributed by atoms with Gasteiger partial charge in [-0.2, -0.15) is 0 Å². The molecule has 0 spiro atoms. The van der Waals surface area contributed by atoms with Gasteiger partial charge >= 0.3 is 0 Å². The maximum atomic E-state index is 11.1. The van der Waals surface area contributed by atoms with E-state index in [4.69, 9.17) is 4.74 Å². The Morgan fingerprint density at radius 2 is 2.06 bits per heavy atom. The minimum absolute atomic E-state index is 0.102. The van der Waals surface area contributed by atoms with E-state index in [1.54, 1.807) is 7.11 Å². The van der Waals surface area contributed by atoms with Crippen molar-refractivity contribution in [3.63, 3.8) is 0 Å². The van der Waals surface area contributed by atoms with Crippen LogP contribution in [0.2, 0.25) is 0 Å². The molecule has 3 heteroatoms. The Morgan fingerprint density at radius 3 is 2.61 bits per heavy atom. The summed E-state index contributed by atoms with van der Waals surface area (Å²) in [7, 11) is 1.63. The third-order valence-corrected chi connectivity index (χ3v) is 5.56. The molecule has 2 fully saturated rings. The third kappa shape index (κ3) is 1.75. The molecule has 0 amide bonds. The first-order valence-corrected chi connectivity index (χ1v) is 7.25. The van der Waals surface area contributed by atoms with E-state index in [1.165, 1.54) is 6.42 Å². The van der Waals surface area contributed by atoms with Crippen LogP contribution in [0.4, 0.5) is 0 Å². The first-order chi connectivity index (χ1) is 8.69. The molecule has 0 aromatic rings. The molecule has 102 valence electrons. The van der Waals surface area contributed by atoms with Crippen LogP contribution in [0.1, 0.15) is 32.1 Å². The van der Waals surface area contributed by atoms with Crippen LogP contribution in [0.15, 0.2) is 12.2 Å². The second-order valence-corrected chi connectivity index (χ2v) is 6.32. The normalized spacial score (nSPS) is 45.6. The van der Waals surface area contributed by atoms with E-state index in [2.05, 4.69) is 12.2 Å². The van der Waals surface area contributed by atoms with Gasteiger partial charge in [0.15, 0.2) is 5.79 Å². The summed E-state index contributed by atoms with van der Waals surface area (Å²) in [5.74, 6) is 0.599.